The highest BCUT2D eigenvalue weighted by Gasteiger charge is 2.08. The molecule has 0 aliphatic rings. The first kappa shape index (κ1) is 8.43. The minimum atomic E-state index is 0.510. The van der Waals surface area contributed by atoms with Gasteiger partial charge in [-0.3, -0.25) is 0 Å². The predicted octanol–water partition coefficient (Wildman–Crippen LogP) is 1.36. The van der Waals surface area contributed by atoms with Crippen LogP contribution >= 0.6 is 0 Å². The molecule has 3 rings (SSSR count). The first-order valence-electron chi connectivity index (χ1n) is 4.69. The number of H-pyrrole nitrogens is 1. The Morgan fingerprint density at radius 3 is 3.27 bits per heavy atom. The molecule has 0 aromatic carbocycles. The lowest BCUT2D eigenvalue weighted by molar-refractivity contribution is 0.183. The number of fused-ring (bicyclic) bond motifs is 3. The number of methoxy groups -OCH3 is 1. The summed E-state index contributed by atoms with van der Waals surface area (Å²) in [5.41, 5.74) is 2.72. The maximum atomic E-state index is 5.12. The van der Waals surface area contributed by atoms with Crippen molar-refractivity contribution >= 4 is 16.7 Å². The van der Waals surface area contributed by atoms with Crippen LogP contribution in [0.1, 0.15) is 5.69 Å². The Bertz CT molecular complexity index is 610. The number of hydrogen-bond donors (Lipinski definition) is 1. The lowest BCUT2D eigenvalue weighted by Gasteiger charge is -2.02. The molecule has 0 fully saturated rings. The number of nitrogens with zero attached hydrogens (tertiary/aromatic N) is 3. The lowest BCUT2D eigenvalue weighted by atomic mass is 10.3. The van der Waals surface area contributed by atoms with Crippen molar-refractivity contribution in [2.75, 3.05) is 7.11 Å². The summed E-state index contributed by atoms with van der Waals surface area (Å²) >= 11 is 0. The van der Waals surface area contributed by atoms with E-state index < -0.39 is 0 Å². The van der Waals surface area contributed by atoms with Crippen LogP contribution in [0.25, 0.3) is 16.7 Å². The van der Waals surface area contributed by atoms with Gasteiger partial charge in [-0.25, -0.2) is 4.98 Å². The smallest absolute Gasteiger partial charge is 0.157 e. The van der Waals surface area contributed by atoms with Crippen molar-refractivity contribution in [2.24, 2.45) is 0 Å². The second-order valence-corrected chi connectivity index (χ2v) is 3.33. The zero-order chi connectivity index (χ0) is 10.3. The first-order valence-corrected chi connectivity index (χ1v) is 4.69. The van der Waals surface area contributed by atoms with Crippen LogP contribution in [0.3, 0.4) is 0 Å². The van der Waals surface area contributed by atoms with Gasteiger partial charge in [0, 0.05) is 24.8 Å². The van der Waals surface area contributed by atoms with Gasteiger partial charge < -0.3 is 9.72 Å². The molecule has 0 amide bonds. The van der Waals surface area contributed by atoms with Gasteiger partial charge >= 0.3 is 0 Å². The van der Waals surface area contributed by atoms with Crippen LogP contribution in [-0.2, 0) is 11.3 Å². The fraction of sp³-hybridized carbons (Fsp3) is 0.200. The Labute approximate surface area is 85.7 Å². The normalized spacial score (nSPS) is 11.5. The highest BCUT2D eigenvalue weighted by atomic mass is 16.5. The van der Waals surface area contributed by atoms with Crippen molar-refractivity contribution in [3.63, 3.8) is 0 Å². The zero-order valence-corrected chi connectivity index (χ0v) is 8.27. The molecular formula is C10H10N4O. The van der Waals surface area contributed by atoms with E-state index in [1.165, 1.54) is 0 Å². The van der Waals surface area contributed by atoms with Gasteiger partial charge in [0.2, 0.25) is 0 Å². The Morgan fingerprint density at radius 2 is 2.40 bits per heavy atom. The third-order valence-electron chi connectivity index (χ3n) is 2.40. The van der Waals surface area contributed by atoms with E-state index in [4.69, 9.17) is 4.74 Å². The largest absolute Gasteiger partial charge is 0.378 e. The van der Waals surface area contributed by atoms with E-state index in [9.17, 15) is 0 Å². The number of aromatic nitrogens is 4. The lowest BCUT2D eigenvalue weighted by Crippen LogP contribution is -1.99. The molecule has 5 nitrogen and oxygen atoms in total. The van der Waals surface area contributed by atoms with Crippen molar-refractivity contribution in [2.45, 2.75) is 6.61 Å². The molecule has 3 aromatic rings. The van der Waals surface area contributed by atoms with Gasteiger partial charge in [-0.15, -0.1) is 0 Å². The minimum absolute atomic E-state index is 0.510. The molecule has 3 heterocycles. The van der Waals surface area contributed by atoms with E-state index in [2.05, 4.69) is 15.1 Å². The molecular weight excluding hydrogens is 192 g/mol. The summed E-state index contributed by atoms with van der Waals surface area (Å²) in [5, 5.41) is 5.25. The van der Waals surface area contributed by atoms with Crippen LogP contribution in [0.15, 0.2) is 24.5 Å². The van der Waals surface area contributed by atoms with Gasteiger partial charge in [0.05, 0.1) is 18.5 Å². The molecule has 5 heteroatoms. The van der Waals surface area contributed by atoms with Gasteiger partial charge in [-0.1, -0.05) is 0 Å². The summed E-state index contributed by atoms with van der Waals surface area (Å²) in [7, 11) is 1.67. The van der Waals surface area contributed by atoms with Gasteiger partial charge in [0.15, 0.2) is 5.65 Å². The molecule has 0 unspecified atom stereocenters. The van der Waals surface area contributed by atoms with E-state index in [0.717, 1.165) is 22.4 Å². The quantitative estimate of drug-likeness (QED) is 0.682. The average Bonchev–Trinajstić information content (AvgIpc) is 2.84. The van der Waals surface area contributed by atoms with E-state index in [-0.39, 0.29) is 0 Å². The molecule has 0 aliphatic carbocycles. The second kappa shape index (κ2) is 3.06. The van der Waals surface area contributed by atoms with Gasteiger partial charge in [-0.05, 0) is 6.07 Å². The van der Waals surface area contributed by atoms with Gasteiger partial charge in [0.1, 0.15) is 5.65 Å². The van der Waals surface area contributed by atoms with Crippen molar-refractivity contribution in [1.29, 1.82) is 0 Å². The fourth-order valence-corrected chi connectivity index (χ4v) is 1.77. The molecule has 15 heavy (non-hydrogen) atoms. The van der Waals surface area contributed by atoms with E-state index >= 15 is 0 Å². The van der Waals surface area contributed by atoms with Crippen molar-refractivity contribution in [3.8, 4) is 0 Å². The van der Waals surface area contributed by atoms with Crippen molar-refractivity contribution < 1.29 is 4.74 Å². The van der Waals surface area contributed by atoms with Crippen molar-refractivity contribution in [3.05, 3.63) is 30.2 Å². The summed E-state index contributed by atoms with van der Waals surface area (Å²) in [6.07, 6.45) is 3.62. The fourth-order valence-electron chi connectivity index (χ4n) is 1.77. The second-order valence-electron chi connectivity index (χ2n) is 3.33. The molecule has 0 saturated carbocycles. The van der Waals surface area contributed by atoms with Gasteiger partial charge in [-0.2, -0.15) is 9.61 Å². The molecule has 3 aromatic heterocycles. The molecule has 0 radical (unpaired) electrons. The highest BCUT2D eigenvalue weighted by molar-refractivity contribution is 5.80. The third-order valence-corrected chi connectivity index (χ3v) is 2.40. The summed E-state index contributed by atoms with van der Waals surface area (Å²) in [4.78, 5) is 7.63. The first-order chi connectivity index (χ1) is 7.40. The molecule has 76 valence electrons. The van der Waals surface area contributed by atoms with Gasteiger partial charge in [0.25, 0.3) is 0 Å². The number of ether oxygens (including phenoxy) is 1. The molecule has 1 N–H and O–H groups in total. The van der Waals surface area contributed by atoms with E-state index in [1.54, 1.807) is 17.8 Å². The number of aromatic amines is 1. The average molecular weight is 202 g/mol. The summed E-state index contributed by atoms with van der Waals surface area (Å²) in [6, 6.07) is 3.86. The molecule has 0 bridgehead atoms. The van der Waals surface area contributed by atoms with Crippen LogP contribution in [0.4, 0.5) is 0 Å². The molecule has 0 spiro atoms. The van der Waals surface area contributed by atoms with E-state index in [0.29, 0.717) is 6.61 Å². The van der Waals surface area contributed by atoms with Crippen molar-refractivity contribution in [1.82, 2.24) is 19.6 Å². The molecule has 0 aliphatic heterocycles. The number of nitrogens with one attached hydrogen (secondary N) is 1. The van der Waals surface area contributed by atoms with Crippen LogP contribution in [-0.4, -0.2) is 26.7 Å². The summed E-state index contributed by atoms with van der Waals surface area (Å²) in [6.45, 7) is 0.510. The number of hydrogen-bond acceptors (Lipinski definition) is 3. The molecule has 0 atom stereocenters. The van der Waals surface area contributed by atoms with Crippen LogP contribution < -0.4 is 0 Å². The Hall–Kier alpha value is -1.88. The molecule has 0 saturated heterocycles. The monoisotopic (exact) mass is 202 g/mol. The SMILES string of the molecule is COCc1nc2ccnn2c2[nH]ccc12. The predicted molar refractivity (Wildman–Crippen MR) is 55.6 cm³/mol. The Balaban J connectivity index is 2.43. The summed E-state index contributed by atoms with van der Waals surface area (Å²) < 4.78 is 6.91. The van der Waals surface area contributed by atoms with Crippen LogP contribution in [0.5, 0.6) is 0 Å². The standard InChI is InChI=1S/C10H10N4O/c1-15-6-8-7-2-4-11-10(7)14-9(13-8)3-5-12-14/h2-5,11H,6H2,1H3. The topological polar surface area (TPSA) is 55.2 Å². The maximum absolute atomic E-state index is 5.12. The number of rotatable bonds is 2. The minimum Gasteiger partial charge on any atom is -0.378 e. The highest BCUT2D eigenvalue weighted by Crippen LogP contribution is 2.17. The zero-order valence-electron chi connectivity index (χ0n) is 8.27. The Kier molecular flexibility index (Phi) is 1.72. The summed E-state index contributed by atoms with van der Waals surface area (Å²) in [5.74, 6) is 0. The Morgan fingerprint density at radius 1 is 1.47 bits per heavy atom. The van der Waals surface area contributed by atoms with Crippen LogP contribution in [0.2, 0.25) is 0 Å². The maximum Gasteiger partial charge on any atom is 0.157 e. The third kappa shape index (κ3) is 1.13. The van der Waals surface area contributed by atoms with Crippen LogP contribution in [0, 0.1) is 0 Å². The van der Waals surface area contributed by atoms with E-state index in [1.807, 2.05) is 18.3 Å².